The van der Waals surface area contributed by atoms with Gasteiger partial charge in [-0.15, -0.1) is 11.8 Å². The van der Waals surface area contributed by atoms with Crippen molar-refractivity contribution in [1.29, 1.82) is 0 Å². The van der Waals surface area contributed by atoms with Gasteiger partial charge in [0, 0.05) is 36.6 Å². The van der Waals surface area contributed by atoms with Crippen LogP contribution in [0.4, 0.5) is 5.69 Å². The van der Waals surface area contributed by atoms with Crippen LogP contribution in [0.1, 0.15) is 25.3 Å². The summed E-state index contributed by atoms with van der Waals surface area (Å²) in [5.74, 6) is 0.680. The normalized spacial score (nSPS) is 16.0. The molecule has 1 aliphatic heterocycles. The molecule has 0 saturated carbocycles. The van der Waals surface area contributed by atoms with Gasteiger partial charge in [0.05, 0.1) is 10.8 Å². The van der Waals surface area contributed by atoms with Crippen LogP contribution >= 0.6 is 11.8 Å². The number of carbonyl (C=O) groups is 1. The van der Waals surface area contributed by atoms with Gasteiger partial charge in [-0.25, -0.2) is 17.7 Å². The summed E-state index contributed by atoms with van der Waals surface area (Å²) in [5, 5.41) is 3.95. The number of aromatic nitrogens is 1. The van der Waals surface area contributed by atoms with E-state index in [1.807, 2.05) is 42.5 Å². The molecule has 2 heterocycles. The minimum absolute atomic E-state index is 0.0388. The van der Waals surface area contributed by atoms with Crippen molar-refractivity contribution in [1.82, 2.24) is 9.29 Å². The Balaban J connectivity index is 1.53. The van der Waals surface area contributed by atoms with Crippen molar-refractivity contribution in [3.8, 4) is 0 Å². The monoisotopic (exact) mass is 419 g/mol. The molecule has 2 aromatic rings. The number of piperidine rings is 1. The molecular weight excluding hydrogens is 394 g/mol. The van der Waals surface area contributed by atoms with Gasteiger partial charge in [0.2, 0.25) is 15.9 Å². The average Bonchev–Trinajstić information content (AvgIpc) is 2.73. The molecule has 0 unspecified atom stereocenters. The van der Waals surface area contributed by atoms with Crippen LogP contribution < -0.4 is 5.32 Å². The van der Waals surface area contributed by atoms with E-state index in [0.29, 0.717) is 25.9 Å². The van der Waals surface area contributed by atoms with Gasteiger partial charge >= 0.3 is 0 Å². The van der Waals surface area contributed by atoms with Crippen molar-refractivity contribution in [2.24, 2.45) is 5.92 Å². The Labute approximate surface area is 170 Å². The van der Waals surface area contributed by atoms with Crippen molar-refractivity contribution in [3.05, 3.63) is 54.2 Å². The molecule has 0 atom stereocenters. The second-order valence-corrected chi connectivity index (χ2v) is 9.97. The van der Waals surface area contributed by atoms with Crippen molar-refractivity contribution in [3.63, 3.8) is 0 Å². The fourth-order valence-corrected chi connectivity index (χ4v) is 5.09. The van der Waals surface area contributed by atoms with Crippen LogP contribution in [0.3, 0.4) is 0 Å². The fraction of sp³-hybridized carbons (Fsp3) is 0.400. The largest absolute Gasteiger partial charge is 0.326 e. The Kier molecular flexibility index (Phi) is 7.09. The first-order valence-corrected chi connectivity index (χ1v) is 12.0. The number of nitrogens with one attached hydrogen (secondary N) is 1. The van der Waals surface area contributed by atoms with E-state index in [1.54, 1.807) is 24.9 Å². The van der Waals surface area contributed by atoms with Crippen molar-refractivity contribution in [2.75, 3.05) is 24.2 Å². The number of rotatable bonds is 7. The predicted molar refractivity (Wildman–Crippen MR) is 113 cm³/mol. The van der Waals surface area contributed by atoms with Gasteiger partial charge in [-0.3, -0.25) is 4.79 Å². The van der Waals surface area contributed by atoms with Gasteiger partial charge in [0.15, 0.2) is 0 Å². The number of anilines is 1. The minimum Gasteiger partial charge on any atom is -0.326 e. The van der Waals surface area contributed by atoms with E-state index in [2.05, 4.69) is 10.3 Å². The van der Waals surface area contributed by atoms with E-state index in [4.69, 9.17) is 0 Å². The number of sulfonamides is 1. The van der Waals surface area contributed by atoms with E-state index < -0.39 is 10.0 Å². The topological polar surface area (TPSA) is 79.4 Å². The first-order valence-electron chi connectivity index (χ1n) is 9.39. The summed E-state index contributed by atoms with van der Waals surface area (Å²) in [5.41, 5.74) is 1.88. The maximum absolute atomic E-state index is 12.6. The predicted octanol–water partition coefficient (Wildman–Crippen LogP) is 3.37. The van der Waals surface area contributed by atoms with Crippen LogP contribution in [0.5, 0.6) is 0 Å². The molecule has 8 heteroatoms. The molecule has 3 rings (SSSR count). The van der Waals surface area contributed by atoms with Gasteiger partial charge < -0.3 is 5.32 Å². The van der Waals surface area contributed by atoms with Crippen LogP contribution in [0.25, 0.3) is 0 Å². The maximum Gasteiger partial charge on any atom is 0.227 e. The quantitative estimate of drug-likeness (QED) is 0.696. The molecule has 6 nitrogen and oxygen atoms in total. The van der Waals surface area contributed by atoms with E-state index >= 15 is 0 Å². The summed E-state index contributed by atoms with van der Waals surface area (Å²) in [4.78, 5) is 16.9. The number of hydrogen-bond acceptors (Lipinski definition) is 5. The molecule has 150 valence electrons. The van der Waals surface area contributed by atoms with Gasteiger partial charge in [-0.05, 0) is 49.6 Å². The lowest BCUT2D eigenvalue weighted by atomic mass is 9.97. The Hall–Kier alpha value is -1.90. The summed E-state index contributed by atoms with van der Waals surface area (Å²) >= 11 is 1.65. The first kappa shape index (κ1) is 20.8. The second kappa shape index (κ2) is 9.54. The highest BCUT2D eigenvalue weighted by Gasteiger charge is 2.30. The van der Waals surface area contributed by atoms with Gasteiger partial charge in [0.25, 0.3) is 0 Å². The van der Waals surface area contributed by atoms with Crippen LogP contribution in [-0.2, 0) is 20.6 Å². The molecule has 0 spiro atoms. The van der Waals surface area contributed by atoms with Crippen LogP contribution in [0.2, 0.25) is 0 Å². The Bertz CT molecular complexity index is 896. The minimum atomic E-state index is -3.17. The number of nitrogens with zero attached hydrogens (tertiary/aromatic N) is 2. The van der Waals surface area contributed by atoms with Gasteiger partial charge in [-0.1, -0.05) is 18.2 Å². The number of benzene rings is 1. The third kappa shape index (κ3) is 5.56. The number of hydrogen-bond donors (Lipinski definition) is 1. The Morgan fingerprint density at radius 1 is 1.21 bits per heavy atom. The highest BCUT2D eigenvalue weighted by atomic mass is 32.2. The Morgan fingerprint density at radius 2 is 2.00 bits per heavy atom. The zero-order valence-electron chi connectivity index (χ0n) is 15.9. The van der Waals surface area contributed by atoms with E-state index in [1.165, 1.54) is 4.31 Å². The molecule has 0 aliphatic carbocycles. The van der Waals surface area contributed by atoms with Crippen LogP contribution in [0, 0.1) is 5.92 Å². The summed E-state index contributed by atoms with van der Waals surface area (Å²) in [6.07, 6.45) is 2.89. The molecule has 1 fully saturated rings. The van der Waals surface area contributed by atoms with Gasteiger partial charge in [-0.2, -0.15) is 0 Å². The highest BCUT2D eigenvalue weighted by Crippen LogP contribution is 2.24. The van der Waals surface area contributed by atoms with Crippen molar-refractivity contribution < 1.29 is 13.2 Å². The molecule has 1 N–H and O–H groups in total. The number of carbonyl (C=O) groups excluding carboxylic acids is 1. The molecule has 1 aromatic heterocycles. The summed E-state index contributed by atoms with van der Waals surface area (Å²) < 4.78 is 25.4. The van der Waals surface area contributed by atoms with Crippen molar-refractivity contribution in [2.45, 2.75) is 30.5 Å². The molecule has 1 aromatic carbocycles. The standard InChI is InChI=1S/C20H25N3O3S2/c1-2-28(25,26)23-12-9-17(10-13-23)20(24)22-18-7-5-6-16(14-18)15-27-19-8-3-4-11-21-19/h3-8,11,14,17H,2,9-10,12-13,15H2,1H3,(H,22,24). The number of thioether (sulfide) groups is 1. The third-order valence-corrected chi connectivity index (χ3v) is 7.70. The SMILES string of the molecule is CCS(=O)(=O)N1CCC(C(=O)Nc2cccc(CSc3ccccn3)c2)CC1. The summed E-state index contributed by atoms with van der Waals surface area (Å²) in [6.45, 7) is 2.47. The number of pyridine rings is 1. The fourth-order valence-electron chi connectivity index (χ4n) is 3.15. The molecule has 0 bridgehead atoms. The van der Waals surface area contributed by atoms with Crippen molar-refractivity contribution >= 4 is 33.4 Å². The van der Waals surface area contributed by atoms with Crippen LogP contribution in [-0.4, -0.2) is 42.5 Å². The maximum atomic E-state index is 12.6. The van der Waals surface area contributed by atoms with E-state index in [0.717, 1.165) is 22.0 Å². The zero-order valence-corrected chi connectivity index (χ0v) is 17.5. The smallest absolute Gasteiger partial charge is 0.227 e. The summed E-state index contributed by atoms with van der Waals surface area (Å²) in [7, 11) is -3.17. The zero-order chi connectivity index (χ0) is 20.0. The lowest BCUT2D eigenvalue weighted by Gasteiger charge is -2.30. The summed E-state index contributed by atoms with van der Waals surface area (Å²) in [6, 6.07) is 13.6. The lowest BCUT2D eigenvalue weighted by molar-refractivity contribution is -0.120. The van der Waals surface area contributed by atoms with E-state index in [9.17, 15) is 13.2 Å². The van der Waals surface area contributed by atoms with Gasteiger partial charge in [0.1, 0.15) is 0 Å². The lowest BCUT2D eigenvalue weighted by Crippen LogP contribution is -2.42. The molecule has 1 aliphatic rings. The molecule has 0 radical (unpaired) electrons. The molecule has 1 amide bonds. The van der Waals surface area contributed by atoms with E-state index in [-0.39, 0.29) is 17.6 Å². The molecular formula is C20H25N3O3S2. The first-order chi connectivity index (χ1) is 13.5. The number of amides is 1. The highest BCUT2D eigenvalue weighted by molar-refractivity contribution is 7.98. The molecule has 1 saturated heterocycles. The average molecular weight is 420 g/mol. The third-order valence-electron chi connectivity index (χ3n) is 4.80. The Morgan fingerprint density at radius 3 is 2.68 bits per heavy atom. The second-order valence-electron chi connectivity index (χ2n) is 6.72. The van der Waals surface area contributed by atoms with Crippen LogP contribution in [0.15, 0.2) is 53.7 Å². The molecule has 28 heavy (non-hydrogen) atoms.